The summed E-state index contributed by atoms with van der Waals surface area (Å²) in [6.07, 6.45) is 0.678. The van der Waals surface area contributed by atoms with Crippen molar-refractivity contribution in [3.63, 3.8) is 0 Å². The van der Waals surface area contributed by atoms with Gasteiger partial charge in [0.25, 0.3) is 11.5 Å². The van der Waals surface area contributed by atoms with E-state index in [1.807, 2.05) is 32.0 Å². The van der Waals surface area contributed by atoms with E-state index in [9.17, 15) is 9.59 Å². The van der Waals surface area contributed by atoms with E-state index in [-0.39, 0.29) is 11.5 Å². The minimum absolute atomic E-state index is 0.0190. The largest absolute Gasteiger partial charge is 0.351 e. The molecule has 0 fully saturated rings. The predicted octanol–water partition coefficient (Wildman–Crippen LogP) is 2.74. The van der Waals surface area contributed by atoms with Gasteiger partial charge in [-0.1, -0.05) is 6.07 Å². The van der Waals surface area contributed by atoms with E-state index in [2.05, 4.69) is 15.5 Å². The maximum atomic E-state index is 12.2. The van der Waals surface area contributed by atoms with Crippen molar-refractivity contribution in [2.24, 2.45) is 0 Å². The molecule has 0 aliphatic rings. The lowest BCUT2D eigenvalue weighted by molar-refractivity contribution is 0.0947. The molecule has 0 radical (unpaired) electrons. The first-order valence-corrected chi connectivity index (χ1v) is 8.93. The SMILES string of the molecule is Cc1ccc(-c2cc(C(=O)NCCCn3c(C)cccc3=O)n[nH]2)s1. The molecule has 130 valence electrons. The fraction of sp³-hybridized carbons (Fsp3) is 0.278. The number of aromatic amines is 1. The van der Waals surface area contributed by atoms with Crippen LogP contribution in [0.3, 0.4) is 0 Å². The average molecular weight is 356 g/mol. The summed E-state index contributed by atoms with van der Waals surface area (Å²) in [5.41, 5.74) is 2.11. The first-order chi connectivity index (χ1) is 12.0. The van der Waals surface area contributed by atoms with E-state index in [1.165, 1.54) is 4.88 Å². The molecule has 0 aliphatic heterocycles. The molecule has 3 rings (SSSR count). The summed E-state index contributed by atoms with van der Waals surface area (Å²) in [7, 11) is 0. The number of amides is 1. The van der Waals surface area contributed by atoms with Gasteiger partial charge in [0, 0.05) is 29.7 Å². The van der Waals surface area contributed by atoms with Crippen LogP contribution in [0.1, 0.15) is 27.5 Å². The summed E-state index contributed by atoms with van der Waals surface area (Å²) >= 11 is 1.65. The van der Waals surface area contributed by atoms with Crippen LogP contribution in [0.4, 0.5) is 0 Å². The molecule has 0 saturated carbocycles. The summed E-state index contributed by atoms with van der Waals surface area (Å²) in [5.74, 6) is -0.215. The zero-order valence-electron chi connectivity index (χ0n) is 14.2. The van der Waals surface area contributed by atoms with Crippen LogP contribution in [0.5, 0.6) is 0 Å². The number of hydrogen-bond acceptors (Lipinski definition) is 4. The lowest BCUT2D eigenvalue weighted by atomic mass is 10.3. The van der Waals surface area contributed by atoms with Gasteiger partial charge >= 0.3 is 0 Å². The highest BCUT2D eigenvalue weighted by atomic mass is 32.1. The first-order valence-electron chi connectivity index (χ1n) is 8.11. The Balaban J connectivity index is 1.53. The Hall–Kier alpha value is -2.67. The van der Waals surface area contributed by atoms with E-state index < -0.39 is 0 Å². The molecule has 0 saturated heterocycles. The summed E-state index contributed by atoms with van der Waals surface area (Å²) in [6.45, 7) is 5.00. The molecule has 25 heavy (non-hydrogen) atoms. The lowest BCUT2D eigenvalue weighted by Gasteiger charge is -2.09. The van der Waals surface area contributed by atoms with Gasteiger partial charge in [0.15, 0.2) is 5.69 Å². The summed E-state index contributed by atoms with van der Waals surface area (Å²) in [6, 6.07) is 11.0. The number of aromatic nitrogens is 3. The predicted molar refractivity (Wildman–Crippen MR) is 99.0 cm³/mol. The number of nitrogens with one attached hydrogen (secondary N) is 2. The summed E-state index contributed by atoms with van der Waals surface area (Å²) in [4.78, 5) is 26.2. The van der Waals surface area contributed by atoms with Crippen LogP contribution in [0, 0.1) is 13.8 Å². The number of nitrogens with zero attached hydrogens (tertiary/aromatic N) is 2. The molecule has 0 atom stereocenters. The van der Waals surface area contributed by atoms with E-state index in [4.69, 9.17) is 0 Å². The Morgan fingerprint density at radius 2 is 2.12 bits per heavy atom. The third kappa shape index (κ3) is 4.06. The van der Waals surface area contributed by atoms with Crippen LogP contribution in [0.15, 0.2) is 41.2 Å². The second-order valence-corrected chi connectivity index (χ2v) is 7.13. The summed E-state index contributed by atoms with van der Waals surface area (Å²) < 4.78 is 1.71. The topological polar surface area (TPSA) is 79.8 Å². The molecular formula is C18H20N4O2S. The van der Waals surface area contributed by atoms with E-state index in [1.54, 1.807) is 34.1 Å². The molecule has 2 N–H and O–H groups in total. The molecule has 0 spiro atoms. The standard InChI is InChI=1S/C18H20N4O2S/c1-12-5-3-6-17(23)22(12)10-4-9-19-18(24)15-11-14(20-21-15)16-8-7-13(2)25-16/h3,5-8,11H,4,9-10H2,1-2H3,(H,19,24)(H,20,21). The van der Waals surface area contributed by atoms with Gasteiger partial charge in [0.05, 0.1) is 10.6 Å². The van der Waals surface area contributed by atoms with E-state index >= 15 is 0 Å². The maximum Gasteiger partial charge on any atom is 0.271 e. The number of carbonyl (C=O) groups is 1. The van der Waals surface area contributed by atoms with Crippen LogP contribution < -0.4 is 10.9 Å². The third-order valence-corrected chi connectivity index (χ3v) is 4.96. The second-order valence-electron chi connectivity index (χ2n) is 5.84. The molecule has 0 unspecified atom stereocenters. The zero-order valence-corrected chi connectivity index (χ0v) is 15.0. The number of thiophene rings is 1. The Morgan fingerprint density at radius 1 is 1.28 bits per heavy atom. The van der Waals surface area contributed by atoms with Gasteiger partial charge in [-0.05, 0) is 44.5 Å². The molecular weight excluding hydrogens is 336 g/mol. The quantitative estimate of drug-likeness (QED) is 0.667. The van der Waals surface area contributed by atoms with Gasteiger partial charge in [-0.2, -0.15) is 5.10 Å². The summed E-state index contributed by atoms with van der Waals surface area (Å²) in [5, 5.41) is 9.83. The number of carbonyl (C=O) groups excluding carboxylic acids is 1. The molecule has 3 heterocycles. The molecule has 3 aromatic rings. The minimum Gasteiger partial charge on any atom is -0.351 e. The molecule has 0 bridgehead atoms. The smallest absolute Gasteiger partial charge is 0.271 e. The van der Waals surface area contributed by atoms with E-state index in [0.29, 0.717) is 25.2 Å². The average Bonchev–Trinajstić information content (AvgIpc) is 3.22. The first kappa shape index (κ1) is 17.2. The van der Waals surface area contributed by atoms with Crippen LogP contribution in [-0.4, -0.2) is 27.2 Å². The number of rotatable bonds is 6. The van der Waals surface area contributed by atoms with Crippen LogP contribution in [0.2, 0.25) is 0 Å². The molecule has 0 aliphatic carbocycles. The van der Waals surface area contributed by atoms with Crippen molar-refractivity contribution in [2.45, 2.75) is 26.8 Å². The normalized spacial score (nSPS) is 10.8. The van der Waals surface area contributed by atoms with Gasteiger partial charge in [-0.3, -0.25) is 14.7 Å². The van der Waals surface area contributed by atoms with Crippen LogP contribution in [-0.2, 0) is 6.54 Å². The number of H-pyrrole nitrogens is 1. The van der Waals surface area contributed by atoms with Gasteiger partial charge in [-0.25, -0.2) is 0 Å². The van der Waals surface area contributed by atoms with Crippen LogP contribution in [0.25, 0.3) is 10.6 Å². The van der Waals surface area contributed by atoms with Crippen molar-refractivity contribution in [3.8, 4) is 10.6 Å². The van der Waals surface area contributed by atoms with E-state index in [0.717, 1.165) is 16.3 Å². The van der Waals surface area contributed by atoms with Gasteiger partial charge < -0.3 is 9.88 Å². The minimum atomic E-state index is -0.215. The fourth-order valence-corrected chi connectivity index (χ4v) is 3.42. The van der Waals surface area contributed by atoms with Crippen molar-refractivity contribution in [3.05, 3.63) is 63.0 Å². The van der Waals surface area contributed by atoms with Crippen molar-refractivity contribution in [2.75, 3.05) is 6.54 Å². The van der Waals surface area contributed by atoms with Gasteiger partial charge in [0.1, 0.15) is 0 Å². The lowest BCUT2D eigenvalue weighted by Crippen LogP contribution is -2.27. The Bertz CT molecular complexity index is 938. The fourth-order valence-electron chi connectivity index (χ4n) is 2.58. The highest BCUT2D eigenvalue weighted by molar-refractivity contribution is 7.15. The number of hydrogen-bond donors (Lipinski definition) is 2. The third-order valence-electron chi connectivity index (χ3n) is 3.93. The van der Waals surface area contributed by atoms with Crippen LogP contribution >= 0.6 is 11.3 Å². The van der Waals surface area contributed by atoms with Crippen molar-refractivity contribution >= 4 is 17.2 Å². The van der Waals surface area contributed by atoms with Gasteiger partial charge in [0.2, 0.25) is 0 Å². The monoisotopic (exact) mass is 356 g/mol. The van der Waals surface area contributed by atoms with Crippen molar-refractivity contribution in [1.82, 2.24) is 20.1 Å². The Kier molecular flexibility index (Phi) is 5.14. The number of pyridine rings is 1. The maximum absolute atomic E-state index is 12.2. The highest BCUT2D eigenvalue weighted by Crippen LogP contribution is 2.26. The molecule has 6 nitrogen and oxygen atoms in total. The molecule has 3 aromatic heterocycles. The Labute approximate surface area is 149 Å². The molecule has 1 amide bonds. The second kappa shape index (κ2) is 7.48. The van der Waals surface area contributed by atoms with Gasteiger partial charge in [-0.15, -0.1) is 11.3 Å². The van der Waals surface area contributed by atoms with Crippen molar-refractivity contribution in [1.29, 1.82) is 0 Å². The molecule has 7 heteroatoms. The Morgan fingerprint density at radius 3 is 2.84 bits per heavy atom. The number of aryl methyl sites for hydroxylation is 2. The highest BCUT2D eigenvalue weighted by Gasteiger charge is 2.12. The molecule has 0 aromatic carbocycles. The zero-order chi connectivity index (χ0) is 17.8. The van der Waals surface area contributed by atoms with Crippen molar-refractivity contribution < 1.29 is 4.79 Å².